The Balaban J connectivity index is 1.49. The first-order valence-corrected chi connectivity index (χ1v) is 13.1. The van der Waals surface area contributed by atoms with Crippen LogP contribution in [0.3, 0.4) is 0 Å². The fourth-order valence-corrected chi connectivity index (χ4v) is 6.19. The van der Waals surface area contributed by atoms with Crippen LogP contribution in [0.1, 0.15) is 44.9 Å². The number of hydrogen-bond donors (Lipinski definition) is 8. The van der Waals surface area contributed by atoms with E-state index in [1.807, 2.05) is 0 Å². The second-order valence-corrected chi connectivity index (χ2v) is 10.9. The molecule has 0 aromatic rings. The molecule has 2 aliphatic heterocycles. The quantitative estimate of drug-likeness (QED) is 0.0873. The van der Waals surface area contributed by atoms with Gasteiger partial charge >= 0.3 is 11.9 Å². The molecule has 218 valence electrons. The number of rotatable bonds is 7. The van der Waals surface area contributed by atoms with Crippen molar-refractivity contribution in [3.63, 3.8) is 0 Å². The molecule has 4 rings (SSSR count). The summed E-state index contributed by atoms with van der Waals surface area (Å²) in [6.45, 7) is -0.594. The minimum atomic E-state index is -1.73. The molecule has 0 radical (unpaired) electrons. The van der Waals surface area contributed by atoms with Crippen LogP contribution in [0.15, 0.2) is 0 Å². The molecule has 0 aromatic heterocycles. The van der Waals surface area contributed by atoms with Crippen LogP contribution in [0.5, 0.6) is 0 Å². The van der Waals surface area contributed by atoms with Crippen molar-refractivity contribution in [2.24, 2.45) is 11.8 Å². The van der Waals surface area contributed by atoms with Gasteiger partial charge in [0.15, 0.2) is 18.5 Å². The molecule has 4 fully saturated rings. The van der Waals surface area contributed by atoms with E-state index in [0.717, 1.165) is 0 Å². The van der Waals surface area contributed by atoms with Crippen molar-refractivity contribution in [1.29, 1.82) is 0 Å². The third-order valence-corrected chi connectivity index (χ3v) is 8.25. The Morgan fingerprint density at radius 1 is 0.842 bits per heavy atom. The highest BCUT2D eigenvalue weighted by Crippen LogP contribution is 2.42. The zero-order valence-corrected chi connectivity index (χ0v) is 20.8. The van der Waals surface area contributed by atoms with E-state index >= 15 is 0 Å². The van der Waals surface area contributed by atoms with Crippen molar-refractivity contribution in [2.45, 2.75) is 118 Å². The molecule has 14 heteroatoms. The topological polar surface area (TPSA) is 236 Å². The van der Waals surface area contributed by atoms with Gasteiger partial charge in [-0.2, -0.15) is 0 Å². The van der Waals surface area contributed by atoms with Gasteiger partial charge in [0.1, 0.15) is 43.5 Å². The molecule has 14 unspecified atom stereocenters. The number of carboxylic acid groups (broad SMARTS) is 1. The van der Waals surface area contributed by atoms with E-state index in [1.54, 1.807) is 0 Å². The highest BCUT2D eigenvalue weighted by atomic mass is 16.7. The summed E-state index contributed by atoms with van der Waals surface area (Å²) in [6, 6.07) is 0. The molecule has 14 nitrogen and oxygen atoms in total. The minimum Gasteiger partial charge on any atom is -0.481 e. The van der Waals surface area contributed by atoms with Gasteiger partial charge in [-0.1, -0.05) is 0 Å². The van der Waals surface area contributed by atoms with Crippen molar-refractivity contribution in [3.05, 3.63) is 0 Å². The summed E-state index contributed by atoms with van der Waals surface area (Å²) in [4.78, 5) is 22.3. The fraction of sp³-hybridized carbons (Fsp3) is 0.917. The maximum atomic E-state index is 11.6. The number of carbonyl (C=O) groups is 2. The molecule has 14 atom stereocenters. The molecule has 2 heterocycles. The number of aliphatic hydroxyl groups is 9. The third-order valence-electron chi connectivity index (χ3n) is 8.25. The van der Waals surface area contributed by atoms with Gasteiger partial charge in [0.2, 0.25) is 0 Å². The van der Waals surface area contributed by atoms with Crippen LogP contribution in [0, 0.1) is 11.8 Å². The summed E-state index contributed by atoms with van der Waals surface area (Å²) in [5.74, 6) is -3.03. The Hall–Kier alpha value is -1.46. The van der Waals surface area contributed by atoms with Crippen molar-refractivity contribution < 1.29 is 69.4 Å². The molecule has 9 N–H and O–H groups in total. The number of carboxylic acids is 1. The van der Waals surface area contributed by atoms with Crippen molar-refractivity contribution in [2.75, 3.05) is 6.61 Å². The normalized spacial score (nSPS) is 47.7. The number of ether oxygens (including phenoxy) is 4. The van der Waals surface area contributed by atoms with E-state index < -0.39 is 92.3 Å². The number of aliphatic carboxylic acids is 1. The first kappa shape index (κ1) is 29.5. The van der Waals surface area contributed by atoms with E-state index in [1.165, 1.54) is 0 Å². The van der Waals surface area contributed by atoms with Crippen LogP contribution in [0.2, 0.25) is 0 Å². The molecular weight excluding hydrogens is 512 g/mol. The van der Waals surface area contributed by atoms with Crippen LogP contribution in [0.4, 0.5) is 0 Å². The maximum absolute atomic E-state index is 11.6. The number of aliphatic hydroxyl groups excluding tert-OH is 7. The average Bonchev–Trinajstić information content (AvgIpc) is 2.84. The van der Waals surface area contributed by atoms with E-state index in [4.69, 9.17) is 24.1 Å². The zero-order chi connectivity index (χ0) is 27.7. The van der Waals surface area contributed by atoms with Crippen LogP contribution in [-0.4, -0.2) is 138 Å². The molecule has 2 saturated carbocycles. The summed E-state index contributed by atoms with van der Waals surface area (Å²) in [5.41, 5.74) is 0. The van der Waals surface area contributed by atoms with Crippen LogP contribution in [0.25, 0.3) is 0 Å². The predicted octanol–water partition coefficient (Wildman–Crippen LogP) is -3.48. The minimum absolute atomic E-state index is 0.180. The summed E-state index contributed by atoms with van der Waals surface area (Å²) in [6.07, 6.45) is -11.8. The fourth-order valence-electron chi connectivity index (χ4n) is 6.19. The van der Waals surface area contributed by atoms with Crippen molar-refractivity contribution in [1.82, 2.24) is 0 Å². The molecule has 0 amide bonds. The lowest BCUT2D eigenvalue weighted by Crippen LogP contribution is -2.63. The third kappa shape index (κ3) is 6.63. The Bertz CT molecular complexity index is 826. The highest BCUT2D eigenvalue weighted by molar-refractivity contribution is 5.90. The molecular formula is C24H39O14+. The van der Waals surface area contributed by atoms with E-state index in [2.05, 4.69) is 0 Å². The zero-order valence-electron chi connectivity index (χ0n) is 20.8. The van der Waals surface area contributed by atoms with Gasteiger partial charge in [-0.3, -0.25) is 9.59 Å². The largest absolute Gasteiger partial charge is 0.481 e. The van der Waals surface area contributed by atoms with Gasteiger partial charge in [0.25, 0.3) is 0 Å². The van der Waals surface area contributed by atoms with Gasteiger partial charge < -0.3 is 59.8 Å². The van der Waals surface area contributed by atoms with E-state index in [-0.39, 0.29) is 37.2 Å². The molecule has 0 spiro atoms. The maximum Gasteiger partial charge on any atom is 0.317 e. The van der Waals surface area contributed by atoms with E-state index in [0.29, 0.717) is 19.3 Å². The van der Waals surface area contributed by atoms with Gasteiger partial charge in [-0.05, 0) is 25.7 Å². The standard InChI is InChI=1S/C24H38O14/c25-10-4-13(27)11-6-16(23(36-15(11)5-10)9-1-2-12(26)14(28)3-9)37-24-22(34)21(33)20(32)17(38-24)8-35-19(31)7-18(29)30/h9-17,20-28,32-34H,1-8H2,(H,29,30)/p+1. The number of esters is 1. The lowest BCUT2D eigenvalue weighted by molar-refractivity contribution is -0.356. The second-order valence-electron chi connectivity index (χ2n) is 10.9. The summed E-state index contributed by atoms with van der Waals surface area (Å²) in [5, 5.41) is 81.1. The molecule has 0 aromatic carbocycles. The predicted molar refractivity (Wildman–Crippen MR) is 123 cm³/mol. The van der Waals surface area contributed by atoms with Crippen molar-refractivity contribution >= 4 is 11.9 Å². The molecule has 38 heavy (non-hydrogen) atoms. The van der Waals surface area contributed by atoms with Gasteiger partial charge in [-0.25, -0.2) is 0 Å². The molecule has 4 aliphatic rings. The smallest absolute Gasteiger partial charge is 0.317 e. The molecule has 2 saturated heterocycles. The van der Waals surface area contributed by atoms with Gasteiger partial charge in [0, 0.05) is 18.8 Å². The number of carbonyl (C=O) groups excluding carboxylic acids is 1. The number of fused-ring (bicyclic) bond motifs is 1. The van der Waals surface area contributed by atoms with Crippen molar-refractivity contribution in [3.8, 4) is 0 Å². The average molecular weight is 552 g/mol. The lowest BCUT2D eigenvalue weighted by Gasteiger charge is -2.48. The summed E-state index contributed by atoms with van der Waals surface area (Å²) >= 11 is 0. The van der Waals surface area contributed by atoms with Crippen LogP contribution in [-0.2, 0) is 23.8 Å². The Labute approximate surface area is 218 Å². The highest BCUT2D eigenvalue weighted by Gasteiger charge is 2.54. The molecule has 0 bridgehead atoms. The van der Waals surface area contributed by atoms with Gasteiger partial charge in [0.05, 0.1) is 30.3 Å². The Kier molecular flexibility index (Phi) is 9.61. The van der Waals surface area contributed by atoms with Gasteiger partial charge in [-0.15, -0.1) is 0 Å². The Morgan fingerprint density at radius 2 is 1.58 bits per heavy atom. The second kappa shape index (κ2) is 12.4. The molecule has 2 aliphatic carbocycles. The monoisotopic (exact) mass is 551 g/mol. The number of hydrogen-bond acceptors (Lipinski definition) is 12. The Morgan fingerprint density at radius 3 is 2.26 bits per heavy atom. The lowest BCUT2D eigenvalue weighted by atomic mass is 9.72. The summed E-state index contributed by atoms with van der Waals surface area (Å²) in [7, 11) is 0. The van der Waals surface area contributed by atoms with Crippen LogP contribution < -0.4 is 0 Å². The first-order valence-electron chi connectivity index (χ1n) is 13.1. The van der Waals surface area contributed by atoms with E-state index in [9.17, 15) is 45.3 Å². The van der Waals surface area contributed by atoms with Crippen LogP contribution >= 0.6 is 0 Å². The SMILES string of the molecule is O=C(O)CC(=O)OCC1OC(OC2CC3C(O)CC(O)CC3[OH+]C2C2CCC(O)C(O)C2)C(O)C(O)C1O. The summed E-state index contributed by atoms with van der Waals surface area (Å²) < 4.78 is 21.5. The first-order chi connectivity index (χ1) is 17.9.